The Labute approximate surface area is 128 Å². The van der Waals surface area contributed by atoms with Crippen LogP contribution in [0, 0.1) is 35.0 Å². The average Bonchev–Trinajstić information content (AvgIpc) is 3.32. The lowest BCUT2D eigenvalue weighted by atomic mass is 9.74. The summed E-state index contributed by atoms with van der Waals surface area (Å²) in [6.45, 7) is 12.2. The fourth-order valence-corrected chi connectivity index (χ4v) is 4.15. The standard InChI is InChI=1S/C20H38/c1-6-8-9-15(3)20(4,5)11-10-17-13-19(17)14-18-12-16(18)7-2/h15-19H,6-14H2,1-5H3. The molecule has 0 aliphatic heterocycles. The largest absolute Gasteiger partial charge is 0.0654 e. The summed E-state index contributed by atoms with van der Waals surface area (Å²) in [6, 6.07) is 0. The van der Waals surface area contributed by atoms with Crippen molar-refractivity contribution in [1.82, 2.24) is 0 Å². The smallest absolute Gasteiger partial charge is 0.0328 e. The van der Waals surface area contributed by atoms with E-state index in [4.69, 9.17) is 0 Å². The predicted octanol–water partition coefficient (Wildman–Crippen LogP) is 6.69. The van der Waals surface area contributed by atoms with Crippen LogP contribution in [0.4, 0.5) is 0 Å². The van der Waals surface area contributed by atoms with Gasteiger partial charge in [-0.15, -0.1) is 0 Å². The number of rotatable bonds is 10. The Hall–Kier alpha value is 0. The second kappa shape index (κ2) is 6.84. The Morgan fingerprint density at radius 2 is 1.65 bits per heavy atom. The summed E-state index contributed by atoms with van der Waals surface area (Å²) >= 11 is 0. The number of hydrogen-bond donors (Lipinski definition) is 0. The van der Waals surface area contributed by atoms with E-state index < -0.39 is 0 Å². The van der Waals surface area contributed by atoms with Gasteiger partial charge in [-0.05, 0) is 67.1 Å². The van der Waals surface area contributed by atoms with Crippen molar-refractivity contribution in [3.8, 4) is 0 Å². The molecule has 2 aliphatic rings. The van der Waals surface area contributed by atoms with E-state index in [2.05, 4.69) is 34.6 Å². The SMILES string of the molecule is CCCCC(C)C(C)(C)CCC1CC1CC1CC1CC. The van der Waals surface area contributed by atoms with Crippen LogP contribution in [0.25, 0.3) is 0 Å². The van der Waals surface area contributed by atoms with Crippen LogP contribution in [-0.2, 0) is 0 Å². The highest BCUT2D eigenvalue weighted by Crippen LogP contribution is 2.55. The van der Waals surface area contributed by atoms with Crippen LogP contribution >= 0.6 is 0 Å². The number of unbranched alkanes of at least 4 members (excludes halogenated alkanes) is 1. The van der Waals surface area contributed by atoms with E-state index in [1.165, 1.54) is 38.5 Å². The molecule has 5 atom stereocenters. The van der Waals surface area contributed by atoms with Crippen molar-refractivity contribution in [1.29, 1.82) is 0 Å². The molecule has 0 aromatic heterocycles. The Bertz CT molecular complexity index is 290. The summed E-state index contributed by atoms with van der Waals surface area (Å²) < 4.78 is 0. The lowest BCUT2D eigenvalue weighted by Gasteiger charge is -2.32. The Balaban J connectivity index is 1.61. The molecule has 2 aliphatic carbocycles. The van der Waals surface area contributed by atoms with Crippen molar-refractivity contribution < 1.29 is 0 Å². The summed E-state index contributed by atoms with van der Waals surface area (Å²) in [6.07, 6.45) is 13.3. The zero-order chi connectivity index (χ0) is 14.8. The molecule has 118 valence electrons. The van der Waals surface area contributed by atoms with Crippen molar-refractivity contribution in [2.45, 2.75) is 92.4 Å². The molecule has 0 nitrogen and oxygen atoms in total. The van der Waals surface area contributed by atoms with Crippen LogP contribution in [-0.4, -0.2) is 0 Å². The van der Waals surface area contributed by atoms with Crippen LogP contribution in [0.2, 0.25) is 0 Å². The topological polar surface area (TPSA) is 0 Å². The van der Waals surface area contributed by atoms with Gasteiger partial charge in [0.2, 0.25) is 0 Å². The van der Waals surface area contributed by atoms with Crippen molar-refractivity contribution in [2.24, 2.45) is 35.0 Å². The molecule has 0 N–H and O–H groups in total. The summed E-state index contributed by atoms with van der Waals surface area (Å²) in [5.41, 5.74) is 0.563. The first kappa shape index (κ1) is 16.4. The van der Waals surface area contributed by atoms with E-state index in [0.717, 1.165) is 29.6 Å². The highest BCUT2D eigenvalue weighted by Gasteiger charge is 2.44. The predicted molar refractivity (Wildman–Crippen MR) is 89.8 cm³/mol. The molecule has 0 heteroatoms. The molecule has 0 aromatic rings. The minimum Gasteiger partial charge on any atom is -0.0654 e. The van der Waals surface area contributed by atoms with Crippen molar-refractivity contribution in [3.05, 3.63) is 0 Å². The summed E-state index contributed by atoms with van der Waals surface area (Å²) in [5.74, 6) is 5.37. The third-order valence-corrected chi connectivity index (χ3v) is 6.75. The molecule has 20 heavy (non-hydrogen) atoms. The maximum absolute atomic E-state index is 2.51. The average molecular weight is 279 g/mol. The van der Waals surface area contributed by atoms with Crippen molar-refractivity contribution >= 4 is 0 Å². The molecule has 0 radical (unpaired) electrons. The van der Waals surface area contributed by atoms with E-state index in [0.29, 0.717) is 5.41 Å². The van der Waals surface area contributed by atoms with E-state index in [-0.39, 0.29) is 0 Å². The maximum Gasteiger partial charge on any atom is -0.0328 e. The van der Waals surface area contributed by atoms with Gasteiger partial charge in [-0.2, -0.15) is 0 Å². The molecule has 0 amide bonds. The van der Waals surface area contributed by atoms with Crippen LogP contribution in [0.5, 0.6) is 0 Å². The monoisotopic (exact) mass is 278 g/mol. The van der Waals surface area contributed by atoms with Gasteiger partial charge in [0.05, 0.1) is 0 Å². The Kier molecular flexibility index (Phi) is 5.60. The van der Waals surface area contributed by atoms with Gasteiger partial charge >= 0.3 is 0 Å². The highest BCUT2D eigenvalue weighted by atomic mass is 14.5. The highest BCUT2D eigenvalue weighted by molar-refractivity contribution is 4.95. The van der Waals surface area contributed by atoms with Gasteiger partial charge in [0.25, 0.3) is 0 Å². The Morgan fingerprint density at radius 3 is 2.25 bits per heavy atom. The molecule has 0 saturated heterocycles. The lowest BCUT2D eigenvalue weighted by molar-refractivity contribution is 0.187. The Morgan fingerprint density at radius 1 is 1.00 bits per heavy atom. The maximum atomic E-state index is 2.51. The minimum absolute atomic E-state index is 0.563. The van der Waals surface area contributed by atoms with Crippen molar-refractivity contribution in [2.75, 3.05) is 0 Å². The van der Waals surface area contributed by atoms with Crippen LogP contribution < -0.4 is 0 Å². The summed E-state index contributed by atoms with van der Waals surface area (Å²) in [7, 11) is 0. The van der Waals surface area contributed by atoms with Gasteiger partial charge < -0.3 is 0 Å². The van der Waals surface area contributed by atoms with E-state index >= 15 is 0 Å². The van der Waals surface area contributed by atoms with Crippen LogP contribution in [0.15, 0.2) is 0 Å². The van der Waals surface area contributed by atoms with Crippen molar-refractivity contribution in [3.63, 3.8) is 0 Å². The molecule has 0 spiro atoms. The van der Waals surface area contributed by atoms with Gasteiger partial charge in [-0.25, -0.2) is 0 Å². The second-order valence-corrected chi connectivity index (χ2v) is 8.73. The second-order valence-electron chi connectivity index (χ2n) is 8.73. The fraction of sp³-hybridized carbons (Fsp3) is 1.00. The zero-order valence-electron chi connectivity index (χ0n) is 14.8. The van der Waals surface area contributed by atoms with E-state index in [1.807, 2.05) is 0 Å². The molecule has 2 rings (SSSR count). The van der Waals surface area contributed by atoms with Gasteiger partial charge in [0.15, 0.2) is 0 Å². The van der Waals surface area contributed by atoms with Gasteiger partial charge in [0, 0.05) is 0 Å². The van der Waals surface area contributed by atoms with Crippen LogP contribution in [0.3, 0.4) is 0 Å². The molecule has 5 unspecified atom stereocenters. The first-order valence-corrected chi connectivity index (χ1v) is 9.47. The lowest BCUT2D eigenvalue weighted by Crippen LogP contribution is -2.21. The number of hydrogen-bond acceptors (Lipinski definition) is 0. The molecular formula is C20H38. The molecule has 2 saturated carbocycles. The minimum atomic E-state index is 0.563. The van der Waals surface area contributed by atoms with Gasteiger partial charge in [-0.3, -0.25) is 0 Å². The molecule has 0 bridgehead atoms. The quantitative estimate of drug-likeness (QED) is 0.417. The summed E-state index contributed by atoms with van der Waals surface area (Å²) in [4.78, 5) is 0. The zero-order valence-corrected chi connectivity index (χ0v) is 14.8. The molecule has 0 heterocycles. The first-order valence-electron chi connectivity index (χ1n) is 9.47. The van der Waals surface area contributed by atoms with Gasteiger partial charge in [0.1, 0.15) is 0 Å². The summed E-state index contributed by atoms with van der Waals surface area (Å²) in [5, 5.41) is 0. The molecule has 2 fully saturated rings. The third-order valence-electron chi connectivity index (χ3n) is 6.75. The fourth-order valence-electron chi connectivity index (χ4n) is 4.15. The third kappa shape index (κ3) is 4.50. The van der Waals surface area contributed by atoms with Crippen LogP contribution in [0.1, 0.15) is 92.4 Å². The normalized spacial score (nSPS) is 34.0. The van der Waals surface area contributed by atoms with E-state index in [9.17, 15) is 0 Å². The molecular weight excluding hydrogens is 240 g/mol. The van der Waals surface area contributed by atoms with E-state index in [1.54, 1.807) is 19.3 Å². The first-order chi connectivity index (χ1) is 9.47. The molecule has 0 aromatic carbocycles. The van der Waals surface area contributed by atoms with Gasteiger partial charge in [-0.1, -0.05) is 60.3 Å².